The summed E-state index contributed by atoms with van der Waals surface area (Å²) in [6, 6.07) is 9.69. The van der Waals surface area contributed by atoms with Crippen molar-refractivity contribution in [2.24, 2.45) is 0 Å². The number of ether oxygens (including phenoxy) is 2. The number of phenols is 2. The van der Waals surface area contributed by atoms with Gasteiger partial charge in [-0.15, -0.1) is 0 Å². The maximum Gasteiger partial charge on any atom is 0.188 e. The topological polar surface area (TPSA) is 96.2 Å². The molecule has 0 heterocycles. The fraction of sp³-hybridized carbons (Fsp3) is 0.208. The van der Waals surface area contributed by atoms with Gasteiger partial charge in [-0.2, -0.15) is 0 Å². The number of hydrogen-bond acceptors (Lipinski definition) is 6. The van der Waals surface area contributed by atoms with Gasteiger partial charge >= 0.3 is 0 Å². The van der Waals surface area contributed by atoms with E-state index < -0.39 is 0 Å². The number of aromatic hydroxyl groups is 2. The number of carbonyl (C=O) groups is 1. The van der Waals surface area contributed by atoms with Crippen LogP contribution in [0.15, 0.2) is 59.4 Å². The van der Waals surface area contributed by atoms with E-state index in [1.165, 1.54) is 32.4 Å². The molecule has 6 nitrogen and oxygen atoms in total. The molecule has 0 aromatic heterocycles. The van der Waals surface area contributed by atoms with Crippen molar-refractivity contribution in [3.05, 3.63) is 70.5 Å². The van der Waals surface area contributed by atoms with E-state index in [-0.39, 0.29) is 23.0 Å². The van der Waals surface area contributed by atoms with Crippen molar-refractivity contribution in [1.82, 2.24) is 0 Å². The van der Waals surface area contributed by atoms with Crippen LogP contribution < -0.4 is 9.47 Å². The van der Waals surface area contributed by atoms with Gasteiger partial charge in [-0.05, 0) is 66.8 Å². The second-order valence-corrected chi connectivity index (χ2v) is 6.91. The maximum absolute atomic E-state index is 12.9. The first-order valence-electron chi connectivity index (χ1n) is 9.52. The second-order valence-electron chi connectivity index (χ2n) is 6.91. The molecular weight excluding hydrogens is 384 g/mol. The molecule has 6 heteroatoms. The molecule has 30 heavy (non-hydrogen) atoms. The largest absolute Gasteiger partial charge is 0.508 e. The zero-order valence-corrected chi connectivity index (χ0v) is 16.9. The zero-order chi connectivity index (χ0) is 21.7. The number of hydrogen-bond donors (Lipinski definition) is 3. The van der Waals surface area contributed by atoms with Crippen molar-refractivity contribution in [2.45, 2.75) is 19.3 Å². The lowest BCUT2D eigenvalue weighted by Gasteiger charge is -2.17. The summed E-state index contributed by atoms with van der Waals surface area (Å²) in [7, 11) is 2.92. The van der Waals surface area contributed by atoms with E-state index in [0.29, 0.717) is 41.1 Å². The average molecular weight is 408 g/mol. The Morgan fingerprint density at radius 1 is 0.933 bits per heavy atom. The van der Waals surface area contributed by atoms with Gasteiger partial charge in [0.25, 0.3) is 0 Å². The fourth-order valence-corrected chi connectivity index (χ4v) is 3.32. The lowest BCUT2D eigenvalue weighted by Crippen LogP contribution is -2.14. The van der Waals surface area contributed by atoms with Crippen molar-refractivity contribution in [1.29, 1.82) is 0 Å². The molecule has 0 saturated heterocycles. The van der Waals surface area contributed by atoms with Gasteiger partial charge in [-0.1, -0.05) is 18.2 Å². The molecule has 1 aliphatic rings. The molecule has 0 radical (unpaired) electrons. The number of rotatable bonds is 5. The number of Topliss-reactive ketones (excluding diaryl/α,β-unsaturated/α-hetero) is 1. The summed E-state index contributed by atoms with van der Waals surface area (Å²) in [6.45, 7) is 0. The highest BCUT2D eigenvalue weighted by molar-refractivity contribution is 6.12. The van der Waals surface area contributed by atoms with Crippen molar-refractivity contribution < 1.29 is 29.6 Å². The van der Waals surface area contributed by atoms with E-state index in [2.05, 4.69) is 0 Å². The number of aliphatic hydroxyl groups is 1. The van der Waals surface area contributed by atoms with Gasteiger partial charge < -0.3 is 24.8 Å². The Labute approximate surface area is 175 Å². The quantitative estimate of drug-likeness (QED) is 0.487. The summed E-state index contributed by atoms with van der Waals surface area (Å²) >= 11 is 0. The van der Waals surface area contributed by atoms with Gasteiger partial charge in [0.05, 0.1) is 14.2 Å². The number of carbonyl (C=O) groups excluding carboxylic acids is 1. The van der Waals surface area contributed by atoms with Crippen molar-refractivity contribution in [3.8, 4) is 23.0 Å². The zero-order valence-electron chi connectivity index (χ0n) is 16.9. The minimum Gasteiger partial charge on any atom is -0.508 e. The van der Waals surface area contributed by atoms with Crippen molar-refractivity contribution >= 4 is 17.9 Å². The molecule has 2 aromatic carbocycles. The van der Waals surface area contributed by atoms with Crippen molar-refractivity contribution in [2.75, 3.05) is 14.2 Å². The van der Waals surface area contributed by atoms with Crippen LogP contribution in [-0.4, -0.2) is 35.3 Å². The molecule has 0 aliphatic heterocycles. The van der Waals surface area contributed by atoms with E-state index in [1.807, 2.05) is 0 Å². The number of phenolic OH excluding ortho intramolecular Hbond substituents is 2. The van der Waals surface area contributed by atoms with Crippen LogP contribution in [-0.2, 0) is 4.79 Å². The van der Waals surface area contributed by atoms with Gasteiger partial charge in [0, 0.05) is 11.1 Å². The van der Waals surface area contributed by atoms with Gasteiger partial charge in [0.1, 0.15) is 5.76 Å². The number of aliphatic hydroxyl groups excluding tert-OH is 1. The molecule has 1 saturated carbocycles. The fourth-order valence-electron chi connectivity index (χ4n) is 3.32. The summed E-state index contributed by atoms with van der Waals surface area (Å²) in [5.41, 5.74) is 2.41. The molecule has 1 aliphatic carbocycles. The van der Waals surface area contributed by atoms with Gasteiger partial charge in [-0.3, -0.25) is 4.79 Å². The first-order chi connectivity index (χ1) is 14.4. The van der Waals surface area contributed by atoms with Crippen LogP contribution in [0, 0.1) is 0 Å². The number of methoxy groups -OCH3 is 2. The highest BCUT2D eigenvalue weighted by Gasteiger charge is 2.23. The molecule has 3 rings (SSSR count). The first-order valence-corrected chi connectivity index (χ1v) is 9.52. The second kappa shape index (κ2) is 9.22. The lowest BCUT2D eigenvalue weighted by molar-refractivity contribution is -0.113. The molecule has 0 atom stereocenters. The Hall–Kier alpha value is -3.67. The molecule has 0 bridgehead atoms. The minimum atomic E-state index is -0.196. The third-order valence-electron chi connectivity index (χ3n) is 4.93. The minimum absolute atomic E-state index is 0.0281. The van der Waals surface area contributed by atoms with Crippen LogP contribution in [0.5, 0.6) is 23.0 Å². The third kappa shape index (κ3) is 4.66. The van der Waals surface area contributed by atoms with Gasteiger partial charge in [0.15, 0.2) is 28.8 Å². The smallest absolute Gasteiger partial charge is 0.188 e. The van der Waals surface area contributed by atoms with Crippen molar-refractivity contribution in [3.63, 3.8) is 0 Å². The Kier molecular flexibility index (Phi) is 6.47. The Morgan fingerprint density at radius 3 is 2.17 bits per heavy atom. The van der Waals surface area contributed by atoms with Crippen LogP contribution in [0.1, 0.15) is 30.4 Å². The first kappa shape index (κ1) is 21.0. The van der Waals surface area contributed by atoms with E-state index >= 15 is 0 Å². The summed E-state index contributed by atoms with van der Waals surface area (Å²) in [6.07, 6.45) is 6.73. The predicted molar refractivity (Wildman–Crippen MR) is 115 cm³/mol. The molecular formula is C24H24O6. The molecule has 0 amide bonds. The summed E-state index contributed by atoms with van der Waals surface area (Å²) in [4.78, 5) is 12.9. The SMILES string of the molecule is COc1cc(/C=C/C(O)=C2\CCC/C(=C\c3ccc(O)c(OC)c3)C2=O)ccc1O. The van der Waals surface area contributed by atoms with E-state index in [0.717, 1.165) is 12.0 Å². The van der Waals surface area contributed by atoms with Crippen LogP contribution >= 0.6 is 0 Å². The molecule has 1 fully saturated rings. The highest BCUT2D eigenvalue weighted by Crippen LogP contribution is 2.32. The Balaban J connectivity index is 1.85. The van der Waals surface area contributed by atoms with Crippen LogP contribution in [0.3, 0.4) is 0 Å². The summed E-state index contributed by atoms with van der Waals surface area (Å²) < 4.78 is 10.2. The molecule has 2 aromatic rings. The average Bonchev–Trinajstić information content (AvgIpc) is 2.75. The van der Waals surface area contributed by atoms with Gasteiger partial charge in [0.2, 0.25) is 0 Å². The molecule has 0 unspecified atom stereocenters. The predicted octanol–water partition coefficient (Wildman–Crippen LogP) is 4.78. The standard InChI is InChI=1S/C24H24O6/c1-29-22-13-15(7-10-20(22)26)6-9-19(25)18-5-3-4-17(24(18)28)12-16-8-11-21(27)23(14-16)30-2/h6-14,25-27H,3-5H2,1-2H3/b9-6+,17-12+,19-18-. The Morgan fingerprint density at radius 2 is 1.53 bits per heavy atom. The van der Waals surface area contributed by atoms with E-state index in [4.69, 9.17) is 9.47 Å². The molecule has 3 N–H and O–H groups in total. The van der Waals surface area contributed by atoms with Crippen LogP contribution in [0.2, 0.25) is 0 Å². The maximum atomic E-state index is 12.9. The Bertz CT molecular complexity index is 1050. The summed E-state index contributed by atoms with van der Waals surface area (Å²) in [5.74, 6) is 0.440. The highest BCUT2D eigenvalue weighted by atomic mass is 16.5. The number of allylic oxidation sites excluding steroid dienone is 3. The van der Waals surface area contributed by atoms with E-state index in [1.54, 1.807) is 36.4 Å². The normalized spacial score (nSPS) is 17.4. The van der Waals surface area contributed by atoms with Crippen LogP contribution in [0.4, 0.5) is 0 Å². The number of ketones is 1. The third-order valence-corrected chi connectivity index (χ3v) is 4.93. The monoisotopic (exact) mass is 408 g/mol. The lowest BCUT2D eigenvalue weighted by atomic mass is 9.87. The van der Waals surface area contributed by atoms with Crippen LogP contribution in [0.25, 0.3) is 12.2 Å². The van der Waals surface area contributed by atoms with E-state index in [9.17, 15) is 20.1 Å². The summed E-state index contributed by atoms with van der Waals surface area (Å²) in [5, 5.41) is 29.9. The molecule has 0 spiro atoms. The molecule has 156 valence electrons. The van der Waals surface area contributed by atoms with Gasteiger partial charge in [-0.25, -0.2) is 0 Å². The number of benzene rings is 2.